The van der Waals surface area contributed by atoms with Crippen molar-refractivity contribution in [2.24, 2.45) is 0 Å². The van der Waals surface area contributed by atoms with Gasteiger partial charge in [0, 0.05) is 6.54 Å². The molecule has 0 aliphatic rings. The second kappa shape index (κ2) is 7.78. The van der Waals surface area contributed by atoms with Gasteiger partial charge in [0.25, 0.3) is 0 Å². The molecule has 0 spiro atoms. The predicted octanol–water partition coefficient (Wildman–Crippen LogP) is 0.596. The van der Waals surface area contributed by atoms with E-state index < -0.39 is 5.97 Å². The predicted molar refractivity (Wildman–Crippen MR) is 70.1 cm³/mol. The van der Waals surface area contributed by atoms with Crippen LogP contribution >= 0.6 is 11.8 Å². The third-order valence-corrected chi connectivity index (χ3v) is 3.22. The van der Waals surface area contributed by atoms with E-state index in [0.29, 0.717) is 11.7 Å². The van der Waals surface area contributed by atoms with Crippen LogP contribution < -0.4 is 5.69 Å². The largest absolute Gasteiger partial charge is 0.466 e. The monoisotopic (exact) mass is 287 g/mol. The smallest absolute Gasteiger partial charge is 0.343 e. The van der Waals surface area contributed by atoms with Crippen LogP contribution in [0, 0.1) is 0 Å². The first-order chi connectivity index (χ1) is 9.08. The van der Waals surface area contributed by atoms with E-state index in [1.54, 1.807) is 6.92 Å². The first-order valence-corrected chi connectivity index (χ1v) is 7.02. The molecule has 7 nitrogen and oxygen atoms in total. The Kier molecular flexibility index (Phi) is 6.34. The van der Waals surface area contributed by atoms with Crippen molar-refractivity contribution in [3.05, 3.63) is 10.5 Å². The molecule has 0 amide bonds. The van der Waals surface area contributed by atoms with Crippen LogP contribution in [0.3, 0.4) is 0 Å². The average Bonchev–Trinajstić information content (AvgIpc) is 2.69. The van der Waals surface area contributed by atoms with Crippen molar-refractivity contribution < 1.29 is 14.3 Å². The van der Waals surface area contributed by atoms with Gasteiger partial charge in [-0.2, -0.15) is 0 Å². The van der Waals surface area contributed by atoms with Gasteiger partial charge in [-0.1, -0.05) is 18.7 Å². The Morgan fingerprint density at radius 3 is 2.79 bits per heavy atom. The lowest BCUT2D eigenvalue weighted by Crippen LogP contribution is -2.18. The van der Waals surface area contributed by atoms with Gasteiger partial charge in [0.15, 0.2) is 10.9 Å². The molecule has 0 atom stereocenters. The molecule has 1 aromatic heterocycles. The summed E-state index contributed by atoms with van der Waals surface area (Å²) in [5, 5.41) is 6.64. The topological polar surface area (TPSA) is 94.0 Å². The van der Waals surface area contributed by atoms with Crippen LogP contribution in [0.5, 0.6) is 0 Å². The van der Waals surface area contributed by atoms with E-state index >= 15 is 0 Å². The number of esters is 1. The van der Waals surface area contributed by atoms with E-state index in [0.717, 1.165) is 18.2 Å². The molecule has 0 aliphatic heterocycles. The lowest BCUT2D eigenvalue weighted by molar-refractivity contribution is -0.145. The SMILES string of the molecule is CCCn1c(SCC(=O)CC(=O)OCC)n[nH]c1=O. The van der Waals surface area contributed by atoms with Crippen molar-refractivity contribution >= 4 is 23.5 Å². The zero-order valence-corrected chi connectivity index (χ0v) is 11.8. The quantitative estimate of drug-likeness (QED) is 0.427. The van der Waals surface area contributed by atoms with Gasteiger partial charge in [0.1, 0.15) is 6.42 Å². The molecule has 106 valence electrons. The Bertz CT molecular complexity index is 494. The lowest BCUT2D eigenvalue weighted by Gasteiger charge is -2.03. The summed E-state index contributed by atoms with van der Waals surface area (Å²) < 4.78 is 6.16. The molecular formula is C11H17N3O4S. The molecule has 1 aromatic rings. The normalized spacial score (nSPS) is 10.4. The number of ether oxygens (including phenoxy) is 1. The van der Waals surface area contributed by atoms with E-state index in [-0.39, 0.29) is 30.3 Å². The number of hydrogen-bond donors (Lipinski definition) is 1. The molecule has 0 aromatic carbocycles. The highest BCUT2D eigenvalue weighted by Gasteiger charge is 2.14. The van der Waals surface area contributed by atoms with Crippen LogP contribution in [0.4, 0.5) is 0 Å². The molecule has 0 fully saturated rings. The third kappa shape index (κ3) is 4.90. The number of thioether (sulfide) groups is 1. The summed E-state index contributed by atoms with van der Waals surface area (Å²) in [6, 6.07) is 0. The van der Waals surface area contributed by atoms with Crippen molar-refractivity contribution in [2.75, 3.05) is 12.4 Å². The van der Waals surface area contributed by atoms with E-state index in [2.05, 4.69) is 14.9 Å². The average molecular weight is 287 g/mol. The van der Waals surface area contributed by atoms with Gasteiger partial charge in [-0.05, 0) is 13.3 Å². The number of nitrogens with one attached hydrogen (secondary N) is 1. The van der Waals surface area contributed by atoms with Crippen molar-refractivity contribution in [3.63, 3.8) is 0 Å². The van der Waals surface area contributed by atoms with Crippen LogP contribution in [0.25, 0.3) is 0 Å². The number of carbonyl (C=O) groups excluding carboxylic acids is 2. The van der Waals surface area contributed by atoms with E-state index in [1.807, 2.05) is 6.92 Å². The van der Waals surface area contributed by atoms with Crippen molar-refractivity contribution in [1.82, 2.24) is 14.8 Å². The maximum atomic E-state index is 11.5. The molecule has 0 radical (unpaired) electrons. The summed E-state index contributed by atoms with van der Waals surface area (Å²) in [5.74, 6) is -0.685. The van der Waals surface area contributed by atoms with E-state index in [1.165, 1.54) is 4.57 Å². The van der Waals surface area contributed by atoms with Gasteiger partial charge in [-0.25, -0.2) is 9.89 Å². The third-order valence-electron chi connectivity index (χ3n) is 2.18. The summed E-state index contributed by atoms with van der Waals surface area (Å²) in [5.41, 5.74) is -0.290. The minimum absolute atomic E-state index is 0.0901. The Labute approximate surface area is 114 Å². The number of hydrogen-bond acceptors (Lipinski definition) is 6. The summed E-state index contributed by atoms with van der Waals surface area (Å²) in [6.07, 6.45) is 0.549. The Balaban J connectivity index is 2.50. The second-order valence-corrected chi connectivity index (χ2v) is 4.71. The minimum atomic E-state index is -0.527. The Hall–Kier alpha value is -1.57. The molecular weight excluding hydrogens is 270 g/mol. The van der Waals surface area contributed by atoms with Gasteiger partial charge in [-0.3, -0.25) is 14.2 Å². The fourth-order valence-electron chi connectivity index (χ4n) is 1.40. The molecule has 0 saturated heterocycles. The zero-order chi connectivity index (χ0) is 14.3. The molecule has 8 heteroatoms. The van der Waals surface area contributed by atoms with E-state index in [9.17, 15) is 14.4 Å². The molecule has 0 bridgehead atoms. The van der Waals surface area contributed by atoms with Crippen LogP contribution in [0.15, 0.2) is 9.95 Å². The van der Waals surface area contributed by atoms with E-state index in [4.69, 9.17) is 0 Å². The van der Waals surface area contributed by atoms with Crippen LogP contribution in [-0.2, 0) is 20.9 Å². The van der Waals surface area contributed by atoms with Crippen molar-refractivity contribution in [3.8, 4) is 0 Å². The fourth-order valence-corrected chi connectivity index (χ4v) is 2.24. The fraction of sp³-hybridized carbons (Fsp3) is 0.636. The number of Topliss-reactive ketones (excluding diaryl/α,β-unsaturated/α-hetero) is 1. The molecule has 0 unspecified atom stereocenters. The number of aromatic nitrogens is 3. The number of nitrogens with zero attached hydrogens (tertiary/aromatic N) is 2. The molecule has 19 heavy (non-hydrogen) atoms. The number of H-pyrrole nitrogens is 1. The minimum Gasteiger partial charge on any atom is -0.466 e. The molecule has 0 aliphatic carbocycles. The standard InChI is InChI=1S/C11H17N3O4S/c1-3-5-14-10(17)12-13-11(14)19-7-8(15)6-9(16)18-4-2/h3-7H2,1-2H3,(H,12,17). The Morgan fingerprint density at radius 2 is 2.16 bits per heavy atom. The van der Waals surface area contributed by atoms with Gasteiger partial charge in [0.2, 0.25) is 0 Å². The maximum absolute atomic E-state index is 11.5. The highest BCUT2D eigenvalue weighted by atomic mass is 32.2. The first-order valence-electron chi connectivity index (χ1n) is 6.03. The van der Waals surface area contributed by atoms with Crippen molar-refractivity contribution in [2.45, 2.75) is 38.4 Å². The molecule has 1 N–H and O–H groups in total. The van der Waals surface area contributed by atoms with Crippen LogP contribution in [0.1, 0.15) is 26.7 Å². The van der Waals surface area contributed by atoms with Gasteiger partial charge in [-0.15, -0.1) is 5.10 Å². The second-order valence-electron chi connectivity index (χ2n) is 3.77. The summed E-state index contributed by atoms with van der Waals surface area (Å²) >= 11 is 1.14. The van der Waals surface area contributed by atoms with Crippen molar-refractivity contribution in [1.29, 1.82) is 0 Å². The highest BCUT2D eigenvalue weighted by Crippen LogP contribution is 2.14. The molecule has 1 heterocycles. The van der Waals surface area contributed by atoms with Gasteiger partial charge >= 0.3 is 11.7 Å². The highest BCUT2D eigenvalue weighted by molar-refractivity contribution is 7.99. The summed E-state index contributed by atoms with van der Waals surface area (Å²) in [4.78, 5) is 34.0. The maximum Gasteiger partial charge on any atom is 0.343 e. The summed E-state index contributed by atoms with van der Waals surface area (Å²) in [7, 11) is 0. The summed E-state index contributed by atoms with van der Waals surface area (Å²) in [6.45, 7) is 4.43. The number of aromatic amines is 1. The number of rotatable bonds is 8. The Morgan fingerprint density at radius 1 is 1.42 bits per heavy atom. The molecule has 0 saturated carbocycles. The number of carbonyl (C=O) groups is 2. The van der Waals surface area contributed by atoms with Crippen LogP contribution in [0.2, 0.25) is 0 Å². The van der Waals surface area contributed by atoms with Crippen LogP contribution in [-0.4, -0.2) is 38.9 Å². The first kappa shape index (κ1) is 15.5. The molecule has 1 rings (SSSR count). The van der Waals surface area contributed by atoms with Gasteiger partial charge < -0.3 is 4.74 Å². The zero-order valence-electron chi connectivity index (χ0n) is 11.0. The number of ketones is 1. The lowest BCUT2D eigenvalue weighted by atomic mass is 10.3. The van der Waals surface area contributed by atoms with Gasteiger partial charge in [0.05, 0.1) is 12.4 Å².